The first kappa shape index (κ1) is 14.8. The van der Waals surface area contributed by atoms with E-state index in [2.05, 4.69) is 5.32 Å². The number of nitrogens with one attached hydrogen (secondary N) is 1. The summed E-state index contributed by atoms with van der Waals surface area (Å²) >= 11 is 1.58. The van der Waals surface area contributed by atoms with E-state index in [1.165, 1.54) is 32.1 Å². The first-order chi connectivity index (χ1) is 8.24. The molecule has 1 aliphatic rings. The summed E-state index contributed by atoms with van der Waals surface area (Å²) in [5, 5.41) is 2.98. The van der Waals surface area contributed by atoms with E-state index in [0.29, 0.717) is 6.10 Å². The van der Waals surface area contributed by atoms with Crippen LogP contribution in [0.2, 0.25) is 0 Å². The van der Waals surface area contributed by atoms with Crippen LogP contribution in [0.25, 0.3) is 0 Å². The number of carbonyl (C=O) groups excluding carboxylic acids is 1. The van der Waals surface area contributed by atoms with Crippen molar-refractivity contribution in [2.75, 3.05) is 19.4 Å². The topological polar surface area (TPSA) is 38.3 Å². The molecule has 1 atom stereocenters. The summed E-state index contributed by atoms with van der Waals surface area (Å²) in [7, 11) is 0. The number of carbonyl (C=O) groups is 1. The lowest BCUT2D eigenvalue weighted by Gasteiger charge is -2.22. The number of hydrogen-bond donors (Lipinski definition) is 1. The van der Waals surface area contributed by atoms with Crippen molar-refractivity contribution in [2.45, 2.75) is 56.8 Å². The van der Waals surface area contributed by atoms with Crippen LogP contribution in [-0.4, -0.2) is 36.7 Å². The Balaban J connectivity index is 1.95. The molecule has 3 nitrogen and oxygen atoms in total. The lowest BCUT2D eigenvalue weighted by Crippen LogP contribution is -2.32. The number of hydrogen-bond acceptors (Lipinski definition) is 3. The highest BCUT2D eigenvalue weighted by Crippen LogP contribution is 2.20. The van der Waals surface area contributed by atoms with Gasteiger partial charge in [-0.05, 0) is 32.4 Å². The van der Waals surface area contributed by atoms with Gasteiger partial charge in [0.15, 0.2) is 0 Å². The molecule has 100 valence electrons. The van der Waals surface area contributed by atoms with Crippen molar-refractivity contribution < 1.29 is 9.53 Å². The van der Waals surface area contributed by atoms with Crippen LogP contribution in [0.4, 0.5) is 0 Å². The number of ether oxygens (including phenoxy) is 1. The highest BCUT2D eigenvalue weighted by atomic mass is 32.2. The van der Waals surface area contributed by atoms with Crippen molar-refractivity contribution in [1.82, 2.24) is 5.32 Å². The van der Waals surface area contributed by atoms with Crippen LogP contribution in [0, 0.1) is 0 Å². The van der Waals surface area contributed by atoms with E-state index in [4.69, 9.17) is 4.74 Å². The second-order valence-corrected chi connectivity index (χ2v) is 5.83. The van der Waals surface area contributed by atoms with Crippen LogP contribution in [0.1, 0.15) is 45.4 Å². The molecule has 1 unspecified atom stereocenters. The van der Waals surface area contributed by atoms with E-state index >= 15 is 0 Å². The Bertz CT molecular complexity index is 217. The van der Waals surface area contributed by atoms with Crippen LogP contribution in [-0.2, 0) is 9.53 Å². The van der Waals surface area contributed by atoms with Crippen molar-refractivity contribution in [3.63, 3.8) is 0 Å². The summed E-state index contributed by atoms with van der Waals surface area (Å²) < 4.78 is 5.80. The fourth-order valence-electron chi connectivity index (χ4n) is 2.02. The summed E-state index contributed by atoms with van der Waals surface area (Å²) in [5.74, 6) is 0.134. The summed E-state index contributed by atoms with van der Waals surface area (Å²) in [5.41, 5.74) is 0. The highest BCUT2D eigenvalue weighted by Gasteiger charge is 2.13. The molecule has 0 spiro atoms. The molecule has 17 heavy (non-hydrogen) atoms. The Morgan fingerprint density at radius 3 is 2.76 bits per heavy atom. The first-order valence-corrected chi connectivity index (χ1v) is 7.95. The van der Waals surface area contributed by atoms with Crippen LogP contribution in [0.15, 0.2) is 0 Å². The van der Waals surface area contributed by atoms with Gasteiger partial charge in [-0.1, -0.05) is 19.3 Å². The third kappa shape index (κ3) is 6.32. The summed E-state index contributed by atoms with van der Waals surface area (Å²) in [6, 6.07) is 0. The van der Waals surface area contributed by atoms with Crippen molar-refractivity contribution in [2.24, 2.45) is 0 Å². The van der Waals surface area contributed by atoms with E-state index in [9.17, 15) is 4.79 Å². The monoisotopic (exact) mass is 259 g/mol. The fraction of sp³-hybridized carbons (Fsp3) is 0.923. The van der Waals surface area contributed by atoms with Crippen LogP contribution >= 0.6 is 11.8 Å². The highest BCUT2D eigenvalue weighted by molar-refractivity contribution is 7.99. The zero-order valence-corrected chi connectivity index (χ0v) is 11.9. The SMILES string of the molecule is CSC(C)C(=O)NCCCOC1CCCCC1. The molecule has 0 aliphatic heterocycles. The van der Waals surface area contributed by atoms with Gasteiger partial charge in [0, 0.05) is 13.2 Å². The number of rotatable bonds is 7. The zero-order valence-electron chi connectivity index (χ0n) is 11.0. The molecule has 1 rings (SSSR count). The van der Waals surface area contributed by atoms with Crippen LogP contribution in [0.5, 0.6) is 0 Å². The molecule has 0 radical (unpaired) electrons. The third-order valence-corrected chi connectivity index (χ3v) is 4.17. The molecular formula is C13H25NO2S. The van der Waals surface area contributed by atoms with Crippen molar-refractivity contribution >= 4 is 17.7 Å². The third-order valence-electron chi connectivity index (χ3n) is 3.25. The Labute approximate surface area is 109 Å². The van der Waals surface area contributed by atoms with Crippen LogP contribution < -0.4 is 5.32 Å². The lowest BCUT2D eigenvalue weighted by atomic mass is 9.98. The lowest BCUT2D eigenvalue weighted by molar-refractivity contribution is -0.120. The Hall–Kier alpha value is -0.220. The van der Waals surface area contributed by atoms with E-state index < -0.39 is 0 Å². The molecule has 0 aromatic carbocycles. The predicted octanol–water partition coefficient (Wildman–Crippen LogP) is 2.59. The van der Waals surface area contributed by atoms with Gasteiger partial charge in [-0.3, -0.25) is 4.79 Å². The average molecular weight is 259 g/mol. The molecular weight excluding hydrogens is 234 g/mol. The maximum atomic E-state index is 11.5. The summed E-state index contributed by atoms with van der Waals surface area (Å²) in [4.78, 5) is 11.5. The van der Waals surface area contributed by atoms with Crippen molar-refractivity contribution in [3.05, 3.63) is 0 Å². The van der Waals surface area contributed by atoms with E-state index in [-0.39, 0.29) is 11.2 Å². The largest absolute Gasteiger partial charge is 0.378 e. The molecule has 1 aliphatic carbocycles. The van der Waals surface area contributed by atoms with Gasteiger partial charge in [0.1, 0.15) is 0 Å². The van der Waals surface area contributed by atoms with Gasteiger partial charge in [-0.15, -0.1) is 0 Å². The minimum absolute atomic E-state index is 0.0502. The Kier molecular flexibility index (Phi) is 7.69. The molecule has 1 saturated carbocycles. The molecule has 1 amide bonds. The van der Waals surface area contributed by atoms with E-state index in [1.807, 2.05) is 13.2 Å². The van der Waals surface area contributed by atoms with Crippen molar-refractivity contribution in [3.8, 4) is 0 Å². The van der Waals surface area contributed by atoms with Gasteiger partial charge >= 0.3 is 0 Å². The normalized spacial score (nSPS) is 18.9. The second-order valence-electron chi connectivity index (χ2n) is 4.65. The van der Waals surface area contributed by atoms with Gasteiger partial charge in [-0.25, -0.2) is 0 Å². The maximum absolute atomic E-state index is 11.5. The van der Waals surface area contributed by atoms with Crippen LogP contribution in [0.3, 0.4) is 0 Å². The smallest absolute Gasteiger partial charge is 0.232 e. The first-order valence-electron chi connectivity index (χ1n) is 6.66. The number of amides is 1. The standard InChI is InChI=1S/C13H25NO2S/c1-11(17-2)13(15)14-9-6-10-16-12-7-4-3-5-8-12/h11-12H,3-10H2,1-2H3,(H,14,15). The molecule has 4 heteroatoms. The molecule has 1 fully saturated rings. The van der Waals surface area contributed by atoms with E-state index in [0.717, 1.165) is 19.6 Å². The zero-order chi connectivity index (χ0) is 12.5. The van der Waals surface area contributed by atoms with Gasteiger partial charge < -0.3 is 10.1 Å². The van der Waals surface area contributed by atoms with Crippen molar-refractivity contribution in [1.29, 1.82) is 0 Å². The predicted molar refractivity (Wildman–Crippen MR) is 73.4 cm³/mol. The Morgan fingerprint density at radius 1 is 1.41 bits per heavy atom. The van der Waals surface area contributed by atoms with E-state index in [1.54, 1.807) is 11.8 Å². The molecule has 0 bridgehead atoms. The minimum atomic E-state index is 0.0502. The summed E-state index contributed by atoms with van der Waals surface area (Å²) in [6.45, 7) is 3.44. The fourth-order valence-corrected chi connectivity index (χ4v) is 2.31. The molecule has 0 aromatic rings. The Morgan fingerprint density at radius 2 is 2.12 bits per heavy atom. The molecule has 0 heterocycles. The quantitative estimate of drug-likeness (QED) is 0.714. The molecule has 1 N–H and O–H groups in total. The average Bonchev–Trinajstić information content (AvgIpc) is 2.38. The minimum Gasteiger partial charge on any atom is -0.378 e. The molecule has 0 saturated heterocycles. The van der Waals surface area contributed by atoms with Gasteiger partial charge in [0.25, 0.3) is 0 Å². The maximum Gasteiger partial charge on any atom is 0.232 e. The summed E-state index contributed by atoms with van der Waals surface area (Å²) in [6.07, 6.45) is 9.78. The molecule has 0 aromatic heterocycles. The van der Waals surface area contributed by atoms with Gasteiger partial charge in [0.2, 0.25) is 5.91 Å². The van der Waals surface area contributed by atoms with Gasteiger partial charge in [0.05, 0.1) is 11.4 Å². The number of thioether (sulfide) groups is 1. The second kappa shape index (κ2) is 8.81. The van der Waals surface area contributed by atoms with Gasteiger partial charge in [-0.2, -0.15) is 11.8 Å².